The van der Waals surface area contributed by atoms with E-state index in [4.69, 9.17) is 5.73 Å². The van der Waals surface area contributed by atoms with Crippen LogP contribution in [0.1, 0.15) is 50.2 Å². The topological polar surface area (TPSA) is 55.1 Å². The smallest absolute Gasteiger partial charge is 0.352 e. The molecule has 2 atom stereocenters. The zero-order valence-corrected chi connectivity index (χ0v) is 13.4. The Balaban J connectivity index is 2.11. The van der Waals surface area contributed by atoms with Crippen LogP contribution in [0.25, 0.3) is 0 Å². The lowest BCUT2D eigenvalue weighted by Crippen LogP contribution is -2.46. The minimum atomic E-state index is -4.37. The third-order valence-electron chi connectivity index (χ3n) is 5.00. The van der Waals surface area contributed by atoms with Crippen LogP contribution in [0.4, 0.5) is 13.2 Å². The molecule has 1 aromatic rings. The first-order valence-corrected chi connectivity index (χ1v) is 7.96. The van der Waals surface area contributed by atoms with Crippen LogP contribution < -0.4 is 11.1 Å². The number of benzene rings is 1. The normalized spacial score (nSPS) is 21.1. The first kappa shape index (κ1) is 17.8. The molecular formula is C17H23F3N2O. The minimum Gasteiger partial charge on any atom is -0.352 e. The maximum atomic E-state index is 13.1. The minimum absolute atomic E-state index is 0.151. The fraction of sp³-hybridized carbons (Fsp3) is 0.588. The molecule has 1 aliphatic rings. The molecule has 0 aromatic heterocycles. The van der Waals surface area contributed by atoms with E-state index in [-0.39, 0.29) is 30.0 Å². The number of alkyl halides is 3. The highest BCUT2D eigenvalue weighted by Gasteiger charge is 2.46. The monoisotopic (exact) mass is 328 g/mol. The van der Waals surface area contributed by atoms with Crippen molar-refractivity contribution < 1.29 is 18.0 Å². The van der Waals surface area contributed by atoms with Crippen LogP contribution >= 0.6 is 0 Å². The summed E-state index contributed by atoms with van der Waals surface area (Å²) in [6, 6.07) is 5.33. The van der Waals surface area contributed by atoms with Crippen molar-refractivity contribution >= 4 is 5.91 Å². The zero-order chi connectivity index (χ0) is 17.3. The Kier molecular flexibility index (Phi) is 5.04. The van der Waals surface area contributed by atoms with E-state index >= 15 is 0 Å². The van der Waals surface area contributed by atoms with Gasteiger partial charge in [0, 0.05) is 18.5 Å². The zero-order valence-electron chi connectivity index (χ0n) is 13.4. The molecule has 1 amide bonds. The van der Waals surface area contributed by atoms with Crippen LogP contribution in [0.5, 0.6) is 0 Å². The number of nitrogens with two attached hydrogens (primary N) is 1. The quantitative estimate of drug-likeness (QED) is 0.840. The molecule has 1 saturated carbocycles. The lowest BCUT2D eigenvalue weighted by molar-refractivity contribution is -0.138. The van der Waals surface area contributed by atoms with Crippen molar-refractivity contribution in [3.63, 3.8) is 0 Å². The van der Waals surface area contributed by atoms with Crippen LogP contribution in [-0.2, 0) is 11.0 Å². The first-order valence-electron chi connectivity index (χ1n) is 7.96. The van der Waals surface area contributed by atoms with E-state index in [9.17, 15) is 18.0 Å². The maximum absolute atomic E-state index is 13.1. The van der Waals surface area contributed by atoms with Gasteiger partial charge in [-0.15, -0.1) is 0 Å². The van der Waals surface area contributed by atoms with Crippen LogP contribution in [-0.4, -0.2) is 18.5 Å². The molecule has 2 unspecified atom stereocenters. The number of hydrogen-bond donors (Lipinski definition) is 2. The Hall–Kier alpha value is -1.56. The van der Waals surface area contributed by atoms with Crippen LogP contribution in [0.15, 0.2) is 24.3 Å². The summed E-state index contributed by atoms with van der Waals surface area (Å²) in [5.41, 5.74) is 4.76. The van der Waals surface area contributed by atoms with Crippen molar-refractivity contribution in [1.29, 1.82) is 0 Å². The van der Waals surface area contributed by atoms with Crippen LogP contribution in [0, 0.1) is 5.41 Å². The van der Waals surface area contributed by atoms with Gasteiger partial charge in [0.15, 0.2) is 0 Å². The van der Waals surface area contributed by atoms with Gasteiger partial charge in [-0.3, -0.25) is 4.79 Å². The first-order chi connectivity index (χ1) is 10.8. The van der Waals surface area contributed by atoms with Gasteiger partial charge in [0.2, 0.25) is 5.91 Å². The van der Waals surface area contributed by atoms with E-state index in [1.165, 1.54) is 12.1 Å². The number of halogens is 3. The molecule has 1 aromatic carbocycles. The lowest BCUT2D eigenvalue weighted by atomic mass is 9.81. The van der Waals surface area contributed by atoms with Gasteiger partial charge in [-0.2, -0.15) is 13.2 Å². The molecule has 0 aliphatic heterocycles. The Morgan fingerprint density at radius 2 is 1.87 bits per heavy atom. The summed E-state index contributed by atoms with van der Waals surface area (Å²) in [5.74, 6) is -0.428. The molecule has 1 fully saturated rings. The summed E-state index contributed by atoms with van der Waals surface area (Å²) in [4.78, 5) is 12.5. The molecule has 0 bridgehead atoms. The van der Waals surface area contributed by atoms with Crippen molar-refractivity contribution in [3.8, 4) is 0 Å². The number of carbonyl (C=O) groups excluding carboxylic acids is 1. The summed E-state index contributed by atoms with van der Waals surface area (Å²) in [6.45, 7) is 4.04. The maximum Gasteiger partial charge on any atom is 0.416 e. The second kappa shape index (κ2) is 6.51. The third-order valence-corrected chi connectivity index (χ3v) is 5.00. The largest absolute Gasteiger partial charge is 0.416 e. The van der Waals surface area contributed by atoms with Gasteiger partial charge in [0.05, 0.1) is 11.0 Å². The third kappa shape index (κ3) is 3.52. The highest BCUT2D eigenvalue weighted by molar-refractivity contribution is 5.83. The van der Waals surface area contributed by atoms with Crippen molar-refractivity contribution in [2.24, 2.45) is 11.1 Å². The lowest BCUT2D eigenvalue weighted by Gasteiger charge is -2.28. The Morgan fingerprint density at radius 1 is 1.26 bits per heavy atom. The molecule has 3 N–H and O–H groups in total. The van der Waals surface area contributed by atoms with E-state index < -0.39 is 17.2 Å². The van der Waals surface area contributed by atoms with Crippen molar-refractivity contribution in [3.05, 3.63) is 35.4 Å². The number of carbonyl (C=O) groups is 1. The molecule has 23 heavy (non-hydrogen) atoms. The summed E-state index contributed by atoms with van der Waals surface area (Å²) in [5, 5.41) is 2.89. The second-order valence-corrected chi connectivity index (χ2v) is 6.20. The molecule has 0 radical (unpaired) electrons. The van der Waals surface area contributed by atoms with Gasteiger partial charge in [-0.05, 0) is 30.9 Å². The van der Waals surface area contributed by atoms with E-state index in [0.717, 1.165) is 6.07 Å². The van der Waals surface area contributed by atoms with Crippen LogP contribution in [0.3, 0.4) is 0 Å². The summed E-state index contributed by atoms with van der Waals surface area (Å²) >= 11 is 0. The van der Waals surface area contributed by atoms with Crippen molar-refractivity contribution in [2.75, 3.05) is 6.54 Å². The fourth-order valence-corrected chi connectivity index (χ4v) is 3.05. The van der Waals surface area contributed by atoms with E-state index in [2.05, 4.69) is 5.32 Å². The van der Waals surface area contributed by atoms with E-state index in [1.54, 1.807) is 6.07 Å². The number of rotatable bonds is 6. The Morgan fingerprint density at radius 3 is 2.39 bits per heavy atom. The molecule has 6 heteroatoms. The summed E-state index contributed by atoms with van der Waals surface area (Å²) in [7, 11) is 0. The Bertz CT molecular complexity index is 559. The molecule has 2 rings (SSSR count). The predicted octanol–water partition coefficient (Wildman–Crippen LogP) is 3.44. The van der Waals surface area contributed by atoms with Crippen molar-refractivity contribution in [1.82, 2.24) is 5.32 Å². The fourth-order valence-electron chi connectivity index (χ4n) is 3.05. The average Bonchev–Trinajstić information content (AvgIpc) is 3.28. The van der Waals surface area contributed by atoms with Gasteiger partial charge in [0.25, 0.3) is 0 Å². The second-order valence-electron chi connectivity index (χ2n) is 6.20. The molecule has 0 heterocycles. The van der Waals surface area contributed by atoms with Gasteiger partial charge in [0.1, 0.15) is 0 Å². The number of hydrogen-bond acceptors (Lipinski definition) is 2. The van der Waals surface area contributed by atoms with E-state index in [0.29, 0.717) is 19.3 Å². The Labute approximate surface area is 134 Å². The van der Waals surface area contributed by atoms with Gasteiger partial charge >= 0.3 is 6.18 Å². The molecule has 0 saturated heterocycles. The predicted molar refractivity (Wildman–Crippen MR) is 82.8 cm³/mol. The molecule has 1 aliphatic carbocycles. The number of nitrogens with one attached hydrogen (secondary N) is 1. The molecule has 3 nitrogen and oxygen atoms in total. The highest BCUT2D eigenvalue weighted by Crippen LogP contribution is 2.46. The van der Waals surface area contributed by atoms with Crippen molar-refractivity contribution in [2.45, 2.75) is 51.2 Å². The average molecular weight is 328 g/mol. The molecule has 128 valence electrons. The van der Waals surface area contributed by atoms with E-state index in [1.807, 2.05) is 13.8 Å². The van der Waals surface area contributed by atoms with Gasteiger partial charge in [-0.1, -0.05) is 32.0 Å². The molecule has 0 spiro atoms. The SMILES string of the molecule is CCC(CC)(CN)C(=O)NC1CC1c1ccccc1C(F)(F)F. The van der Waals surface area contributed by atoms with Gasteiger partial charge in [-0.25, -0.2) is 0 Å². The van der Waals surface area contributed by atoms with Gasteiger partial charge < -0.3 is 11.1 Å². The summed E-state index contributed by atoms with van der Waals surface area (Å²) in [6.07, 6.45) is -2.61. The standard InChI is InChI=1S/C17H23F3N2O/c1-3-16(4-2,10-21)15(23)22-14-9-12(14)11-7-5-6-8-13(11)17(18,19)20/h5-8,12,14H,3-4,9-10,21H2,1-2H3,(H,22,23). The van der Waals surface area contributed by atoms with Crippen LogP contribution in [0.2, 0.25) is 0 Å². The molecular weight excluding hydrogens is 305 g/mol. The summed E-state index contributed by atoms with van der Waals surface area (Å²) < 4.78 is 39.2. The number of amides is 1. The highest BCUT2D eigenvalue weighted by atomic mass is 19.4.